The van der Waals surface area contributed by atoms with Crippen molar-refractivity contribution in [1.82, 2.24) is 5.32 Å². The van der Waals surface area contributed by atoms with Gasteiger partial charge in [-0.05, 0) is 36.4 Å². The molecule has 0 bridgehead atoms. The fourth-order valence-corrected chi connectivity index (χ4v) is 2.93. The van der Waals surface area contributed by atoms with Crippen LogP contribution in [0.15, 0.2) is 37.4 Å². The van der Waals surface area contributed by atoms with Crippen LogP contribution in [0.4, 0.5) is 0 Å². The summed E-state index contributed by atoms with van der Waals surface area (Å²) in [5, 5.41) is 3.46. The van der Waals surface area contributed by atoms with Crippen LogP contribution in [0.5, 0.6) is 0 Å². The topological polar surface area (TPSA) is 29.1 Å². The maximum atomic E-state index is 11.5. The molecule has 1 aliphatic carbocycles. The maximum Gasteiger partial charge on any atom is 0.133 e. The van der Waals surface area contributed by atoms with Gasteiger partial charge in [-0.1, -0.05) is 45.0 Å². The lowest BCUT2D eigenvalue weighted by Gasteiger charge is -2.37. The molecule has 0 spiro atoms. The predicted octanol–water partition coefficient (Wildman–Crippen LogP) is 4.34. The van der Waals surface area contributed by atoms with E-state index in [0.29, 0.717) is 18.6 Å². The standard InChI is InChI=1S/C17H25NO.C2H4/c1-16(2,3)13-5-7-14(8-6-13)17(18-4)11-9-15(19)10-12-17;1-2/h5-8,18H,9-12H2,1-4H3;1-2H2. The van der Waals surface area contributed by atoms with Crippen molar-refractivity contribution in [2.75, 3.05) is 7.05 Å². The molecule has 1 aromatic carbocycles. The van der Waals surface area contributed by atoms with Crippen molar-refractivity contribution in [3.8, 4) is 0 Å². The van der Waals surface area contributed by atoms with Gasteiger partial charge in [0.2, 0.25) is 0 Å². The van der Waals surface area contributed by atoms with E-state index in [0.717, 1.165) is 12.8 Å². The van der Waals surface area contributed by atoms with E-state index < -0.39 is 0 Å². The lowest BCUT2D eigenvalue weighted by molar-refractivity contribution is -0.121. The van der Waals surface area contributed by atoms with E-state index in [9.17, 15) is 4.79 Å². The van der Waals surface area contributed by atoms with Gasteiger partial charge >= 0.3 is 0 Å². The Labute approximate surface area is 129 Å². The van der Waals surface area contributed by atoms with Gasteiger partial charge in [-0.25, -0.2) is 0 Å². The zero-order valence-electron chi connectivity index (χ0n) is 14.0. The molecule has 116 valence electrons. The summed E-state index contributed by atoms with van der Waals surface area (Å²) in [4.78, 5) is 11.5. The van der Waals surface area contributed by atoms with Crippen molar-refractivity contribution in [3.63, 3.8) is 0 Å². The Kier molecular flexibility index (Phi) is 5.91. The molecule has 0 saturated heterocycles. The van der Waals surface area contributed by atoms with Crippen LogP contribution in [0.2, 0.25) is 0 Å². The second kappa shape index (κ2) is 7.04. The molecule has 0 unspecified atom stereocenters. The van der Waals surface area contributed by atoms with E-state index >= 15 is 0 Å². The third kappa shape index (κ3) is 4.04. The molecule has 1 aromatic rings. The quantitative estimate of drug-likeness (QED) is 0.820. The molecule has 0 amide bonds. The van der Waals surface area contributed by atoms with Crippen molar-refractivity contribution < 1.29 is 4.79 Å². The summed E-state index contributed by atoms with van der Waals surface area (Å²) in [5.41, 5.74) is 2.85. The summed E-state index contributed by atoms with van der Waals surface area (Å²) in [7, 11) is 2.01. The minimum atomic E-state index is -0.00960. The van der Waals surface area contributed by atoms with Crippen LogP contribution in [0, 0.1) is 0 Å². The van der Waals surface area contributed by atoms with Gasteiger partial charge in [0.05, 0.1) is 0 Å². The highest BCUT2D eigenvalue weighted by atomic mass is 16.1. The van der Waals surface area contributed by atoms with E-state index in [-0.39, 0.29) is 11.0 Å². The molecule has 0 atom stereocenters. The Morgan fingerprint density at radius 1 is 1.05 bits per heavy atom. The molecule has 2 heteroatoms. The predicted molar refractivity (Wildman–Crippen MR) is 90.6 cm³/mol. The molecule has 1 aliphatic rings. The summed E-state index contributed by atoms with van der Waals surface area (Å²) in [5.74, 6) is 0.400. The Morgan fingerprint density at radius 2 is 1.52 bits per heavy atom. The molecule has 1 N–H and O–H groups in total. The Balaban J connectivity index is 0.00000106. The van der Waals surface area contributed by atoms with Gasteiger partial charge in [-0.3, -0.25) is 4.79 Å². The van der Waals surface area contributed by atoms with E-state index in [1.807, 2.05) is 7.05 Å². The normalized spacial score (nSPS) is 17.8. The molecular formula is C19H29NO. The van der Waals surface area contributed by atoms with E-state index in [2.05, 4.69) is 63.5 Å². The van der Waals surface area contributed by atoms with Crippen LogP contribution in [0.1, 0.15) is 57.6 Å². The summed E-state index contributed by atoms with van der Waals surface area (Å²) >= 11 is 0. The van der Waals surface area contributed by atoms with Crippen LogP contribution in [0.25, 0.3) is 0 Å². The van der Waals surface area contributed by atoms with Crippen molar-refractivity contribution in [2.24, 2.45) is 0 Å². The van der Waals surface area contributed by atoms with Gasteiger partial charge in [0, 0.05) is 18.4 Å². The fraction of sp³-hybridized carbons (Fsp3) is 0.526. The summed E-state index contributed by atoms with van der Waals surface area (Å²) in [6, 6.07) is 8.91. The monoisotopic (exact) mass is 287 g/mol. The van der Waals surface area contributed by atoms with Crippen molar-refractivity contribution in [1.29, 1.82) is 0 Å². The second-order valence-electron chi connectivity index (χ2n) is 6.70. The first-order chi connectivity index (χ1) is 9.87. The molecule has 21 heavy (non-hydrogen) atoms. The highest BCUT2D eigenvalue weighted by Gasteiger charge is 2.34. The van der Waals surface area contributed by atoms with Crippen molar-refractivity contribution >= 4 is 5.78 Å². The Bertz CT molecular complexity index is 457. The number of hydrogen-bond acceptors (Lipinski definition) is 2. The number of hydrogen-bond donors (Lipinski definition) is 1. The molecule has 0 heterocycles. The average Bonchev–Trinajstić information content (AvgIpc) is 2.50. The molecule has 0 aliphatic heterocycles. The van der Waals surface area contributed by atoms with E-state index in [1.165, 1.54) is 11.1 Å². The number of nitrogens with one attached hydrogen (secondary N) is 1. The smallest absolute Gasteiger partial charge is 0.133 e. The minimum Gasteiger partial charge on any atom is -0.310 e. The van der Waals surface area contributed by atoms with Gasteiger partial charge < -0.3 is 5.32 Å². The summed E-state index contributed by atoms with van der Waals surface area (Å²) in [6.45, 7) is 12.7. The van der Waals surface area contributed by atoms with Crippen LogP contribution >= 0.6 is 0 Å². The van der Waals surface area contributed by atoms with Gasteiger partial charge in [0.25, 0.3) is 0 Å². The molecular weight excluding hydrogens is 258 g/mol. The van der Waals surface area contributed by atoms with Gasteiger partial charge in [0.1, 0.15) is 5.78 Å². The minimum absolute atomic E-state index is 0.00960. The van der Waals surface area contributed by atoms with Gasteiger partial charge in [0.15, 0.2) is 0 Å². The molecule has 2 nitrogen and oxygen atoms in total. The fourth-order valence-electron chi connectivity index (χ4n) is 2.93. The Hall–Kier alpha value is -1.41. The number of ketones is 1. The molecule has 0 aromatic heterocycles. The van der Waals surface area contributed by atoms with Crippen LogP contribution in [0.3, 0.4) is 0 Å². The van der Waals surface area contributed by atoms with Crippen LogP contribution in [-0.2, 0) is 15.7 Å². The van der Waals surface area contributed by atoms with Crippen molar-refractivity contribution in [2.45, 2.75) is 57.4 Å². The molecule has 1 saturated carbocycles. The molecule has 0 radical (unpaired) electrons. The number of carbonyl (C=O) groups is 1. The van der Waals surface area contributed by atoms with Gasteiger partial charge in [-0.15, -0.1) is 13.2 Å². The second-order valence-corrected chi connectivity index (χ2v) is 6.70. The third-order valence-electron chi connectivity index (χ3n) is 4.44. The van der Waals surface area contributed by atoms with Gasteiger partial charge in [-0.2, -0.15) is 0 Å². The lowest BCUT2D eigenvalue weighted by Crippen LogP contribution is -2.43. The highest BCUT2D eigenvalue weighted by molar-refractivity contribution is 5.79. The lowest BCUT2D eigenvalue weighted by atomic mass is 9.75. The maximum absolute atomic E-state index is 11.5. The highest BCUT2D eigenvalue weighted by Crippen LogP contribution is 2.36. The van der Waals surface area contributed by atoms with E-state index in [1.54, 1.807) is 0 Å². The SMILES string of the molecule is C=C.CNC1(c2ccc(C(C)(C)C)cc2)CCC(=O)CC1. The van der Waals surface area contributed by atoms with Crippen LogP contribution in [-0.4, -0.2) is 12.8 Å². The van der Waals surface area contributed by atoms with E-state index in [4.69, 9.17) is 0 Å². The summed E-state index contributed by atoms with van der Waals surface area (Å²) in [6.07, 6.45) is 3.22. The number of benzene rings is 1. The number of rotatable bonds is 2. The number of carbonyl (C=O) groups excluding carboxylic acids is 1. The molecule has 2 rings (SSSR count). The molecule has 1 fully saturated rings. The van der Waals surface area contributed by atoms with Crippen LogP contribution < -0.4 is 5.32 Å². The average molecular weight is 287 g/mol. The summed E-state index contributed by atoms with van der Waals surface area (Å²) < 4.78 is 0. The number of Topliss-reactive ketones (excluding diaryl/α,β-unsaturated/α-hetero) is 1. The third-order valence-corrected chi connectivity index (χ3v) is 4.44. The zero-order chi connectivity index (χ0) is 16.1. The van der Waals surface area contributed by atoms with Crippen molar-refractivity contribution in [3.05, 3.63) is 48.6 Å². The first-order valence-electron chi connectivity index (χ1n) is 7.69. The largest absolute Gasteiger partial charge is 0.310 e. The Morgan fingerprint density at radius 3 is 1.90 bits per heavy atom. The first kappa shape index (κ1) is 17.6. The first-order valence-corrected chi connectivity index (χ1v) is 7.69. The zero-order valence-corrected chi connectivity index (χ0v) is 14.0.